The highest BCUT2D eigenvalue weighted by molar-refractivity contribution is 5.79. The van der Waals surface area contributed by atoms with E-state index in [2.05, 4.69) is 5.32 Å². The fraction of sp³-hybridized carbons (Fsp3) is 0.278. The first-order chi connectivity index (χ1) is 10.6. The molecule has 4 nitrogen and oxygen atoms in total. The van der Waals surface area contributed by atoms with Gasteiger partial charge in [-0.15, -0.1) is 0 Å². The molecule has 0 heterocycles. The normalized spacial score (nSPS) is 11.7. The van der Waals surface area contributed by atoms with Crippen LogP contribution >= 0.6 is 0 Å². The molecule has 0 aromatic heterocycles. The fourth-order valence-electron chi connectivity index (χ4n) is 1.97. The third-order valence-electron chi connectivity index (χ3n) is 3.26. The summed E-state index contributed by atoms with van der Waals surface area (Å²) in [5, 5.41) is 11.8. The lowest BCUT2D eigenvalue weighted by atomic mass is 10.1. The summed E-state index contributed by atoms with van der Waals surface area (Å²) in [5.41, 5.74) is 2.24. The highest BCUT2D eigenvalue weighted by Crippen LogP contribution is 2.14. The summed E-state index contributed by atoms with van der Waals surface area (Å²) in [6.45, 7) is 2.51. The predicted octanol–water partition coefficient (Wildman–Crippen LogP) is 2.31. The Morgan fingerprint density at radius 2 is 1.77 bits per heavy atom. The molecule has 4 heteroatoms. The molecule has 2 aromatic rings. The van der Waals surface area contributed by atoms with E-state index in [1.54, 1.807) is 0 Å². The summed E-state index contributed by atoms with van der Waals surface area (Å²) >= 11 is 0. The van der Waals surface area contributed by atoms with Crippen molar-refractivity contribution >= 4 is 5.91 Å². The number of benzene rings is 2. The van der Waals surface area contributed by atoms with Gasteiger partial charge in [-0.3, -0.25) is 4.79 Å². The zero-order valence-corrected chi connectivity index (χ0v) is 12.7. The molecule has 0 aliphatic rings. The molecule has 22 heavy (non-hydrogen) atoms. The highest BCUT2D eigenvalue weighted by atomic mass is 16.5. The quantitative estimate of drug-likeness (QED) is 0.825. The molecular weight excluding hydrogens is 278 g/mol. The number of aliphatic hydroxyl groups excluding tert-OH is 1. The van der Waals surface area contributed by atoms with Crippen LogP contribution in [0.4, 0.5) is 0 Å². The third kappa shape index (κ3) is 5.22. The van der Waals surface area contributed by atoms with Gasteiger partial charge in [0.25, 0.3) is 0 Å². The monoisotopic (exact) mass is 299 g/mol. The van der Waals surface area contributed by atoms with Crippen molar-refractivity contribution in [2.24, 2.45) is 0 Å². The summed E-state index contributed by atoms with van der Waals surface area (Å²) in [5.74, 6) is 0.475. The van der Waals surface area contributed by atoms with Crippen LogP contribution in [0.3, 0.4) is 0 Å². The molecule has 2 rings (SSSR count). The fourth-order valence-corrected chi connectivity index (χ4v) is 1.97. The summed E-state index contributed by atoms with van der Waals surface area (Å²) in [6, 6.07) is 17.8. The molecule has 0 aliphatic carbocycles. The number of rotatable bonds is 7. The van der Waals surface area contributed by atoms with E-state index in [0.29, 0.717) is 13.2 Å². The number of hydrogen-bond donors (Lipinski definition) is 2. The van der Waals surface area contributed by atoms with Crippen molar-refractivity contribution in [1.82, 2.24) is 5.32 Å². The van der Waals surface area contributed by atoms with Crippen LogP contribution in [-0.4, -0.2) is 23.7 Å². The van der Waals surface area contributed by atoms with Gasteiger partial charge in [0.2, 0.25) is 5.91 Å². The molecule has 2 N–H and O–H groups in total. The lowest BCUT2D eigenvalue weighted by Gasteiger charge is -2.09. The van der Waals surface area contributed by atoms with E-state index < -0.39 is 6.10 Å². The molecule has 0 aliphatic heterocycles. The molecule has 1 unspecified atom stereocenters. The molecule has 2 aromatic carbocycles. The molecule has 0 saturated carbocycles. The molecule has 0 bridgehead atoms. The minimum absolute atomic E-state index is 0.345. The zero-order chi connectivity index (χ0) is 15.8. The Bertz CT molecular complexity index is 579. The molecule has 1 atom stereocenters. The lowest BCUT2D eigenvalue weighted by molar-refractivity contribution is -0.128. The number of amides is 1. The van der Waals surface area contributed by atoms with Crippen molar-refractivity contribution in [2.75, 3.05) is 6.54 Å². The first-order valence-electron chi connectivity index (χ1n) is 7.36. The largest absolute Gasteiger partial charge is 0.489 e. The SMILES string of the molecule is CC(O)C(=O)NCCc1ccc(OCc2ccccc2)cc1. The van der Waals surface area contributed by atoms with Crippen LogP contribution < -0.4 is 10.1 Å². The second-order valence-electron chi connectivity index (χ2n) is 5.14. The van der Waals surface area contributed by atoms with Crippen LogP contribution in [0.1, 0.15) is 18.1 Å². The van der Waals surface area contributed by atoms with Crippen molar-refractivity contribution < 1.29 is 14.6 Å². The Morgan fingerprint density at radius 3 is 2.41 bits per heavy atom. The molecular formula is C18H21NO3. The second-order valence-corrected chi connectivity index (χ2v) is 5.14. The molecule has 116 valence electrons. The number of carbonyl (C=O) groups excluding carboxylic acids is 1. The van der Waals surface area contributed by atoms with Gasteiger partial charge in [-0.2, -0.15) is 0 Å². The van der Waals surface area contributed by atoms with E-state index in [1.807, 2.05) is 54.6 Å². The van der Waals surface area contributed by atoms with Crippen molar-refractivity contribution in [3.05, 3.63) is 65.7 Å². The Kier molecular flexibility index (Phi) is 5.98. The van der Waals surface area contributed by atoms with Crippen molar-refractivity contribution in [2.45, 2.75) is 26.1 Å². The smallest absolute Gasteiger partial charge is 0.248 e. The van der Waals surface area contributed by atoms with E-state index in [-0.39, 0.29) is 5.91 Å². The van der Waals surface area contributed by atoms with E-state index in [4.69, 9.17) is 9.84 Å². The van der Waals surface area contributed by atoms with Crippen LogP contribution in [0.15, 0.2) is 54.6 Å². The van der Waals surface area contributed by atoms with Crippen molar-refractivity contribution in [3.63, 3.8) is 0 Å². The molecule has 0 fully saturated rings. The minimum atomic E-state index is -0.964. The molecule has 0 radical (unpaired) electrons. The first-order valence-corrected chi connectivity index (χ1v) is 7.36. The first kappa shape index (κ1) is 16.0. The van der Waals surface area contributed by atoms with Crippen molar-refractivity contribution in [1.29, 1.82) is 0 Å². The van der Waals surface area contributed by atoms with Gasteiger partial charge in [0.05, 0.1) is 0 Å². The van der Waals surface area contributed by atoms with Crippen LogP contribution in [0, 0.1) is 0 Å². The summed E-state index contributed by atoms with van der Waals surface area (Å²) in [7, 11) is 0. The third-order valence-corrected chi connectivity index (χ3v) is 3.26. The van der Waals surface area contributed by atoms with Gasteiger partial charge >= 0.3 is 0 Å². The van der Waals surface area contributed by atoms with Gasteiger partial charge in [-0.25, -0.2) is 0 Å². The van der Waals surface area contributed by atoms with Crippen LogP contribution in [0.5, 0.6) is 5.75 Å². The van der Waals surface area contributed by atoms with Gasteiger partial charge in [0.15, 0.2) is 0 Å². The minimum Gasteiger partial charge on any atom is -0.489 e. The number of nitrogens with one attached hydrogen (secondary N) is 1. The van der Waals surface area contributed by atoms with Gasteiger partial charge < -0.3 is 15.2 Å². The van der Waals surface area contributed by atoms with Gasteiger partial charge in [-0.1, -0.05) is 42.5 Å². The standard InChI is InChI=1S/C18H21NO3/c1-14(20)18(21)19-12-11-15-7-9-17(10-8-15)22-13-16-5-3-2-4-6-16/h2-10,14,20H,11-13H2,1H3,(H,19,21). The Hall–Kier alpha value is -2.33. The zero-order valence-electron chi connectivity index (χ0n) is 12.7. The van der Waals surface area contributed by atoms with Gasteiger partial charge in [-0.05, 0) is 36.6 Å². The topological polar surface area (TPSA) is 58.6 Å². The Morgan fingerprint density at radius 1 is 1.09 bits per heavy atom. The average Bonchev–Trinajstić information content (AvgIpc) is 2.55. The van der Waals surface area contributed by atoms with Crippen LogP contribution in [-0.2, 0) is 17.8 Å². The van der Waals surface area contributed by atoms with E-state index in [1.165, 1.54) is 6.92 Å². The van der Waals surface area contributed by atoms with E-state index >= 15 is 0 Å². The van der Waals surface area contributed by atoms with Gasteiger partial charge in [0, 0.05) is 6.54 Å². The summed E-state index contributed by atoms with van der Waals surface area (Å²) < 4.78 is 5.72. The number of carbonyl (C=O) groups is 1. The van der Waals surface area contributed by atoms with Gasteiger partial charge in [0.1, 0.15) is 18.5 Å². The Labute approximate surface area is 130 Å². The van der Waals surface area contributed by atoms with E-state index in [0.717, 1.165) is 23.3 Å². The molecule has 0 spiro atoms. The maximum atomic E-state index is 11.2. The van der Waals surface area contributed by atoms with Crippen molar-refractivity contribution in [3.8, 4) is 5.75 Å². The molecule has 0 saturated heterocycles. The van der Waals surface area contributed by atoms with Crippen LogP contribution in [0.25, 0.3) is 0 Å². The number of aliphatic hydroxyl groups is 1. The lowest BCUT2D eigenvalue weighted by Crippen LogP contribution is -2.33. The van der Waals surface area contributed by atoms with Crippen LogP contribution in [0.2, 0.25) is 0 Å². The Balaban J connectivity index is 1.77. The molecule has 1 amide bonds. The second kappa shape index (κ2) is 8.20. The maximum absolute atomic E-state index is 11.2. The van der Waals surface area contributed by atoms with E-state index in [9.17, 15) is 4.79 Å². The summed E-state index contributed by atoms with van der Waals surface area (Å²) in [4.78, 5) is 11.2. The number of ether oxygens (including phenoxy) is 1. The summed E-state index contributed by atoms with van der Waals surface area (Å²) in [6.07, 6.45) is -0.244. The maximum Gasteiger partial charge on any atom is 0.248 e. The number of hydrogen-bond acceptors (Lipinski definition) is 3. The highest BCUT2D eigenvalue weighted by Gasteiger charge is 2.06. The predicted molar refractivity (Wildman–Crippen MR) is 85.6 cm³/mol. The average molecular weight is 299 g/mol.